The fraction of sp³-hybridized carbons (Fsp3) is 0.300. The minimum absolute atomic E-state index is 0.102. The van der Waals surface area contributed by atoms with E-state index in [-0.39, 0.29) is 10.7 Å². The summed E-state index contributed by atoms with van der Waals surface area (Å²) < 4.78 is 1.96. The van der Waals surface area contributed by atoms with E-state index in [1.54, 1.807) is 6.07 Å². The quantitative estimate of drug-likeness (QED) is 0.598. The summed E-state index contributed by atoms with van der Waals surface area (Å²) in [7, 11) is 0. The Kier molecular flexibility index (Phi) is 2.55. The first kappa shape index (κ1) is 10.9. The lowest BCUT2D eigenvalue weighted by molar-refractivity contribution is -0.384. The van der Waals surface area contributed by atoms with Crippen LogP contribution >= 0.6 is 11.6 Å². The maximum absolute atomic E-state index is 10.7. The van der Waals surface area contributed by atoms with Crippen molar-refractivity contribution in [3.8, 4) is 0 Å². The van der Waals surface area contributed by atoms with Crippen molar-refractivity contribution in [2.24, 2.45) is 0 Å². The SMILES string of the molecule is CCn1c(C)nc2cc([N+](=O)[O-])c(Cl)cc21. The maximum Gasteiger partial charge on any atom is 0.290 e. The molecule has 16 heavy (non-hydrogen) atoms. The van der Waals surface area contributed by atoms with E-state index in [0.29, 0.717) is 5.52 Å². The van der Waals surface area contributed by atoms with Crippen LogP contribution in [0.2, 0.25) is 5.02 Å². The molecule has 84 valence electrons. The lowest BCUT2D eigenvalue weighted by Crippen LogP contribution is -1.96. The van der Waals surface area contributed by atoms with Crippen molar-refractivity contribution in [3.63, 3.8) is 0 Å². The van der Waals surface area contributed by atoms with Crippen molar-refractivity contribution in [2.75, 3.05) is 0 Å². The van der Waals surface area contributed by atoms with Gasteiger partial charge >= 0.3 is 0 Å². The second kappa shape index (κ2) is 3.75. The Morgan fingerprint density at radius 2 is 2.25 bits per heavy atom. The third-order valence-electron chi connectivity index (χ3n) is 2.52. The monoisotopic (exact) mass is 239 g/mol. The molecule has 6 heteroatoms. The summed E-state index contributed by atoms with van der Waals surface area (Å²) in [6, 6.07) is 3.01. The molecule has 0 saturated carbocycles. The van der Waals surface area contributed by atoms with Crippen molar-refractivity contribution in [3.05, 3.63) is 33.1 Å². The standard InChI is InChI=1S/C10H10ClN3O2/c1-3-13-6(2)12-8-5-9(14(15)16)7(11)4-10(8)13/h4-5H,3H2,1-2H3. The van der Waals surface area contributed by atoms with Crippen LogP contribution in [-0.4, -0.2) is 14.5 Å². The first-order valence-electron chi connectivity index (χ1n) is 4.85. The Morgan fingerprint density at radius 3 is 2.81 bits per heavy atom. The van der Waals surface area contributed by atoms with Crippen LogP contribution in [0, 0.1) is 17.0 Å². The summed E-state index contributed by atoms with van der Waals surface area (Å²) in [6.07, 6.45) is 0. The third-order valence-corrected chi connectivity index (χ3v) is 2.82. The van der Waals surface area contributed by atoms with Gasteiger partial charge in [-0.2, -0.15) is 0 Å². The molecule has 0 aliphatic carbocycles. The predicted octanol–water partition coefficient (Wildman–Crippen LogP) is 2.93. The molecule has 0 amide bonds. The van der Waals surface area contributed by atoms with Gasteiger partial charge in [0.2, 0.25) is 0 Å². The van der Waals surface area contributed by atoms with Gasteiger partial charge in [0.1, 0.15) is 10.8 Å². The van der Waals surface area contributed by atoms with Gasteiger partial charge in [-0.1, -0.05) is 11.6 Å². The Balaban J connectivity index is 2.78. The second-order valence-electron chi connectivity index (χ2n) is 3.45. The molecule has 0 fully saturated rings. The van der Waals surface area contributed by atoms with Crippen molar-refractivity contribution < 1.29 is 4.92 Å². The van der Waals surface area contributed by atoms with Crippen LogP contribution in [0.4, 0.5) is 5.69 Å². The fourth-order valence-electron chi connectivity index (χ4n) is 1.79. The normalized spacial score (nSPS) is 10.9. The Labute approximate surface area is 96.8 Å². The zero-order valence-corrected chi connectivity index (χ0v) is 9.65. The van der Waals surface area contributed by atoms with E-state index in [4.69, 9.17) is 11.6 Å². The lowest BCUT2D eigenvalue weighted by atomic mass is 10.3. The smallest absolute Gasteiger partial charge is 0.290 e. The molecule has 0 unspecified atom stereocenters. The van der Waals surface area contributed by atoms with E-state index in [1.807, 2.05) is 18.4 Å². The Bertz CT molecular complexity index is 577. The number of nitro groups is 1. The number of hydrogen-bond donors (Lipinski definition) is 0. The molecular formula is C10H10ClN3O2. The van der Waals surface area contributed by atoms with Crippen LogP contribution < -0.4 is 0 Å². The molecule has 0 radical (unpaired) electrons. The van der Waals surface area contributed by atoms with Gasteiger partial charge < -0.3 is 4.57 Å². The number of imidazole rings is 1. The Hall–Kier alpha value is -1.62. The van der Waals surface area contributed by atoms with Gasteiger partial charge in [0.25, 0.3) is 5.69 Å². The van der Waals surface area contributed by atoms with Crippen molar-refractivity contribution in [1.29, 1.82) is 0 Å². The highest BCUT2D eigenvalue weighted by Gasteiger charge is 2.16. The molecule has 5 nitrogen and oxygen atoms in total. The molecule has 0 spiro atoms. The first-order valence-corrected chi connectivity index (χ1v) is 5.23. The van der Waals surface area contributed by atoms with Gasteiger partial charge in [-0.3, -0.25) is 10.1 Å². The highest BCUT2D eigenvalue weighted by molar-refractivity contribution is 6.33. The van der Waals surface area contributed by atoms with Crippen molar-refractivity contribution in [1.82, 2.24) is 9.55 Å². The predicted molar refractivity (Wildman–Crippen MR) is 61.8 cm³/mol. The minimum Gasteiger partial charge on any atom is -0.328 e. The Morgan fingerprint density at radius 1 is 1.56 bits per heavy atom. The summed E-state index contributed by atoms with van der Waals surface area (Å²) >= 11 is 5.85. The van der Waals surface area contributed by atoms with Crippen molar-refractivity contribution >= 4 is 28.3 Å². The van der Waals surface area contributed by atoms with Crippen LogP contribution in [-0.2, 0) is 6.54 Å². The second-order valence-corrected chi connectivity index (χ2v) is 3.86. The summed E-state index contributed by atoms with van der Waals surface area (Å²) in [5, 5.41) is 10.9. The molecule has 2 aromatic rings. The van der Waals surface area contributed by atoms with Crippen LogP contribution in [0.5, 0.6) is 0 Å². The summed E-state index contributed by atoms with van der Waals surface area (Å²) in [5.41, 5.74) is 1.33. The molecule has 1 aromatic carbocycles. The van der Waals surface area contributed by atoms with E-state index in [1.165, 1.54) is 6.07 Å². The molecule has 0 bridgehead atoms. The zero-order chi connectivity index (χ0) is 11.9. The summed E-state index contributed by atoms with van der Waals surface area (Å²) in [5.74, 6) is 0.828. The van der Waals surface area contributed by atoms with Crippen molar-refractivity contribution in [2.45, 2.75) is 20.4 Å². The summed E-state index contributed by atoms with van der Waals surface area (Å²) in [4.78, 5) is 14.5. The molecule has 1 heterocycles. The largest absolute Gasteiger partial charge is 0.328 e. The van der Waals surface area contributed by atoms with E-state index < -0.39 is 4.92 Å². The highest BCUT2D eigenvalue weighted by Crippen LogP contribution is 2.29. The van der Waals surface area contributed by atoms with Gasteiger partial charge in [-0.05, 0) is 19.9 Å². The van der Waals surface area contributed by atoms with E-state index in [2.05, 4.69) is 4.98 Å². The van der Waals surface area contributed by atoms with Gasteiger partial charge in [-0.15, -0.1) is 0 Å². The number of hydrogen-bond acceptors (Lipinski definition) is 3. The number of fused-ring (bicyclic) bond motifs is 1. The molecule has 0 aliphatic heterocycles. The highest BCUT2D eigenvalue weighted by atomic mass is 35.5. The topological polar surface area (TPSA) is 61.0 Å². The maximum atomic E-state index is 10.7. The van der Waals surface area contributed by atoms with E-state index in [9.17, 15) is 10.1 Å². The lowest BCUT2D eigenvalue weighted by Gasteiger charge is -2.01. The van der Waals surface area contributed by atoms with Gasteiger partial charge in [0.05, 0.1) is 16.0 Å². The van der Waals surface area contributed by atoms with Crippen LogP contribution in [0.3, 0.4) is 0 Å². The summed E-state index contributed by atoms with van der Waals surface area (Å²) in [6.45, 7) is 4.61. The number of nitro benzene ring substituents is 1. The molecule has 0 N–H and O–H groups in total. The molecule has 0 saturated heterocycles. The fourth-order valence-corrected chi connectivity index (χ4v) is 2.02. The van der Waals surface area contributed by atoms with Gasteiger partial charge in [-0.25, -0.2) is 4.98 Å². The average molecular weight is 240 g/mol. The van der Waals surface area contributed by atoms with Crippen LogP contribution in [0.15, 0.2) is 12.1 Å². The molecule has 0 aliphatic rings. The molecular weight excluding hydrogens is 230 g/mol. The number of rotatable bonds is 2. The average Bonchev–Trinajstić information content (AvgIpc) is 2.51. The third kappa shape index (κ3) is 1.53. The number of halogens is 1. The van der Waals surface area contributed by atoms with Crippen LogP contribution in [0.25, 0.3) is 11.0 Å². The number of aryl methyl sites for hydroxylation is 2. The number of nitrogens with zero attached hydrogens (tertiary/aromatic N) is 3. The zero-order valence-electron chi connectivity index (χ0n) is 8.90. The number of benzene rings is 1. The van der Waals surface area contributed by atoms with Crippen LogP contribution in [0.1, 0.15) is 12.7 Å². The number of aromatic nitrogens is 2. The van der Waals surface area contributed by atoms with E-state index >= 15 is 0 Å². The van der Waals surface area contributed by atoms with E-state index in [0.717, 1.165) is 17.9 Å². The minimum atomic E-state index is -0.498. The molecule has 0 atom stereocenters. The van der Waals surface area contributed by atoms with Gasteiger partial charge in [0, 0.05) is 12.6 Å². The molecule has 1 aromatic heterocycles. The first-order chi connectivity index (χ1) is 7.54. The van der Waals surface area contributed by atoms with Gasteiger partial charge in [0.15, 0.2) is 0 Å². The molecule has 2 rings (SSSR count).